The number of rotatable bonds is 2. The number of nitrogens with one attached hydrogen (secondary N) is 1. The van der Waals surface area contributed by atoms with Crippen LogP contribution < -0.4 is 5.32 Å². The van der Waals surface area contributed by atoms with E-state index < -0.39 is 0 Å². The Morgan fingerprint density at radius 2 is 2.00 bits per heavy atom. The molecule has 0 saturated heterocycles. The molecule has 0 aliphatic heterocycles. The Bertz CT molecular complexity index is 325. The molecule has 2 heteroatoms. The van der Waals surface area contributed by atoms with Crippen LogP contribution in [0.4, 0.5) is 5.69 Å². The Morgan fingerprint density at radius 1 is 1.15 bits per heavy atom. The van der Waals surface area contributed by atoms with Crippen LogP contribution in [0.15, 0.2) is 48.5 Å². The van der Waals surface area contributed by atoms with E-state index in [0.717, 1.165) is 18.5 Å². The van der Waals surface area contributed by atoms with Gasteiger partial charge in [-0.2, -0.15) is 0 Å². The number of nitrogens with zero attached hydrogens (tertiary/aromatic N) is 1. The Labute approximate surface area is 78.0 Å². The molecule has 13 heavy (non-hydrogen) atoms. The summed E-state index contributed by atoms with van der Waals surface area (Å²) in [5.74, 6) is 0. The molecule has 1 aromatic heterocycles. The van der Waals surface area contributed by atoms with Crippen LogP contribution in [0.3, 0.4) is 0 Å². The molecule has 0 unspecified atom stereocenters. The third-order valence-corrected chi connectivity index (χ3v) is 1.96. The summed E-state index contributed by atoms with van der Waals surface area (Å²) in [6, 6.07) is 3.92. The summed E-state index contributed by atoms with van der Waals surface area (Å²) in [4.78, 5) is 3.96. The van der Waals surface area contributed by atoms with Crippen molar-refractivity contribution in [1.29, 1.82) is 0 Å². The highest BCUT2D eigenvalue weighted by Gasteiger charge is 1.96. The van der Waals surface area contributed by atoms with Crippen LogP contribution in [0.25, 0.3) is 0 Å². The molecule has 0 spiro atoms. The maximum atomic E-state index is 3.96. The lowest BCUT2D eigenvalue weighted by Gasteiger charge is -2.09. The molecule has 0 amide bonds. The molecule has 1 aromatic rings. The SMILES string of the molecule is C1=CC(Nc2ccncc2)=CCC1. The lowest BCUT2D eigenvalue weighted by Crippen LogP contribution is -1.98. The van der Waals surface area contributed by atoms with Crippen molar-refractivity contribution in [2.75, 3.05) is 5.32 Å². The van der Waals surface area contributed by atoms with E-state index in [1.807, 2.05) is 12.1 Å². The zero-order valence-corrected chi connectivity index (χ0v) is 7.40. The van der Waals surface area contributed by atoms with E-state index >= 15 is 0 Å². The first-order chi connectivity index (χ1) is 6.45. The number of aromatic nitrogens is 1. The topological polar surface area (TPSA) is 24.9 Å². The molecular formula is C11H12N2. The standard InChI is InChI=1S/C11H12N2/c1-2-4-10(5-3-1)13-11-6-8-12-9-7-11/h2,4-9H,1,3H2,(H,12,13). The fourth-order valence-corrected chi connectivity index (χ4v) is 1.31. The van der Waals surface area contributed by atoms with Crippen molar-refractivity contribution in [2.24, 2.45) is 0 Å². The van der Waals surface area contributed by atoms with Gasteiger partial charge in [-0.05, 0) is 31.1 Å². The molecule has 0 radical (unpaired) electrons. The molecule has 1 aliphatic rings. The van der Waals surface area contributed by atoms with Crippen LogP contribution in [0.2, 0.25) is 0 Å². The molecule has 0 fully saturated rings. The Hall–Kier alpha value is -1.57. The summed E-state index contributed by atoms with van der Waals surface area (Å²) in [6.45, 7) is 0. The van der Waals surface area contributed by atoms with E-state index in [9.17, 15) is 0 Å². The molecule has 0 atom stereocenters. The Morgan fingerprint density at radius 3 is 2.69 bits per heavy atom. The van der Waals surface area contributed by atoms with E-state index in [4.69, 9.17) is 0 Å². The first-order valence-corrected chi connectivity index (χ1v) is 4.49. The van der Waals surface area contributed by atoms with Crippen molar-refractivity contribution < 1.29 is 0 Å². The van der Waals surface area contributed by atoms with Crippen LogP contribution in [0.5, 0.6) is 0 Å². The number of pyridine rings is 1. The summed E-state index contributed by atoms with van der Waals surface area (Å²) < 4.78 is 0. The van der Waals surface area contributed by atoms with E-state index in [1.54, 1.807) is 12.4 Å². The number of anilines is 1. The van der Waals surface area contributed by atoms with Gasteiger partial charge in [0.25, 0.3) is 0 Å². The number of hydrogen-bond donors (Lipinski definition) is 1. The normalized spacial score (nSPS) is 15.2. The summed E-state index contributed by atoms with van der Waals surface area (Å²) in [7, 11) is 0. The van der Waals surface area contributed by atoms with Crippen molar-refractivity contribution in [3.63, 3.8) is 0 Å². The second-order valence-corrected chi connectivity index (χ2v) is 3.00. The monoisotopic (exact) mass is 172 g/mol. The zero-order valence-electron chi connectivity index (χ0n) is 7.40. The van der Waals surface area contributed by atoms with Gasteiger partial charge >= 0.3 is 0 Å². The molecule has 0 bridgehead atoms. The molecule has 0 saturated carbocycles. The van der Waals surface area contributed by atoms with E-state index in [2.05, 4.69) is 28.5 Å². The molecule has 1 N–H and O–H groups in total. The average Bonchev–Trinajstić information content (AvgIpc) is 2.21. The van der Waals surface area contributed by atoms with E-state index in [-0.39, 0.29) is 0 Å². The minimum atomic E-state index is 1.09. The average molecular weight is 172 g/mol. The second-order valence-electron chi connectivity index (χ2n) is 3.00. The van der Waals surface area contributed by atoms with Crippen LogP contribution >= 0.6 is 0 Å². The van der Waals surface area contributed by atoms with Gasteiger partial charge in [-0.3, -0.25) is 4.98 Å². The maximum Gasteiger partial charge on any atom is 0.0415 e. The highest BCUT2D eigenvalue weighted by atomic mass is 14.9. The minimum Gasteiger partial charge on any atom is -0.356 e. The summed E-state index contributed by atoms with van der Waals surface area (Å²) in [5, 5.41) is 3.32. The van der Waals surface area contributed by atoms with Crippen LogP contribution in [0, 0.1) is 0 Å². The summed E-state index contributed by atoms with van der Waals surface area (Å²) in [5.41, 5.74) is 2.27. The minimum absolute atomic E-state index is 1.09. The van der Waals surface area contributed by atoms with Crippen molar-refractivity contribution in [1.82, 2.24) is 4.98 Å². The van der Waals surface area contributed by atoms with Crippen LogP contribution in [-0.2, 0) is 0 Å². The fraction of sp³-hybridized carbons (Fsp3) is 0.182. The Balaban J connectivity index is 2.06. The smallest absolute Gasteiger partial charge is 0.0415 e. The first-order valence-electron chi connectivity index (χ1n) is 4.49. The Kier molecular flexibility index (Phi) is 2.41. The summed E-state index contributed by atoms with van der Waals surface area (Å²) >= 11 is 0. The quantitative estimate of drug-likeness (QED) is 0.742. The van der Waals surface area contributed by atoms with Gasteiger partial charge in [-0.15, -0.1) is 0 Å². The van der Waals surface area contributed by atoms with Gasteiger partial charge in [-0.1, -0.05) is 12.2 Å². The highest BCUT2D eigenvalue weighted by molar-refractivity contribution is 5.49. The molecule has 2 rings (SSSR count). The third kappa shape index (κ3) is 2.18. The number of allylic oxidation sites excluding steroid dienone is 3. The van der Waals surface area contributed by atoms with Crippen molar-refractivity contribution in [2.45, 2.75) is 12.8 Å². The van der Waals surface area contributed by atoms with Gasteiger partial charge in [0.15, 0.2) is 0 Å². The van der Waals surface area contributed by atoms with E-state index in [1.165, 1.54) is 5.70 Å². The predicted molar refractivity (Wildman–Crippen MR) is 54.3 cm³/mol. The molecule has 2 nitrogen and oxygen atoms in total. The van der Waals surface area contributed by atoms with Gasteiger partial charge < -0.3 is 5.32 Å². The second kappa shape index (κ2) is 3.90. The zero-order chi connectivity index (χ0) is 8.93. The lowest BCUT2D eigenvalue weighted by molar-refractivity contribution is 1.02. The molecule has 66 valence electrons. The van der Waals surface area contributed by atoms with Crippen molar-refractivity contribution in [3.05, 3.63) is 48.5 Å². The lowest BCUT2D eigenvalue weighted by atomic mass is 10.1. The molecule has 1 heterocycles. The third-order valence-electron chi connectivity index (χ3n) is 1.96. The van der Waals surface area contributed by atoms with Gasteiger partial charge in [0.2, 0.25) is 0 Å². The first kappa shape index (κ1) is 8.05. The van der Waals surface area contributed by atoms with Gasteiger partial charge in [0, 0.05) is 23.8 Å². The molecule has 1 aliphatic carbocycles. The highest BCUT2D eigenvalue weighted by Crippen LogP contribution is 2.13. The van der Waals surface area contributed by atoms with Crippen LogP contribution in [0.1, 0.15) is 12.8 Å². The maximum absolute atomic E-state index is 3.96. The molecule has 0 aromatic carbocycles. The van der Waals surface area contributed by atoms with Crippen molar-refractivity contribution in [3.8, 4) is 0 Å². The van der Waals surface area contributed by atoms with E-state index in [0.29, 0.717) is 0 Å². The van der Waals surface area contributed by atoms with Gasteiger partial charge in [-0.25, -0.2) is 0 Å². The summed E-state index contributed by atoms with van der Waals surface area (Å²) in [6.07, 6.45) is 12.4. The van der Waals surface area contributed by atoms with Gasteiger partial charge in [0.05, 0.1) is 0 Å². The largest absolute Gasteiger partial charge is 0.356 e. The predicted octanol–water partition coefficient (Wildman–Crippen LogP) is 2.73. The fourth-order valence-electron chi connectivity index (χ4n) is 1.31. The number of hydrogen-bond acceptors (Lipinski definition) is 2. The van der Waals surface area contributed by atoms with Gasteiger partial charge in [0.1, 0.15) is 0 Å². The van der Waals surface area contributed by atoms with Crippen LogP contribution in [-0.4, -0.2) is 4.98 Å². The molecular weight excluding hydrogens is 160 g/mol. The van der Waals surface area contributed by atoms with Crippen molar-refractivity contribution >= 4 is 5.69 Å².